The van der Waals surface area contributed by atoms with Gasteiger partial charge in [-0.25, -0.2) is 4.39 Å². The van der Waals surface area contributed by atoms with E-state index >= 15 is 0 Å². The number of benzene rings is 2. The highest BCUT2D eigenvalue weighted by Crippen LogP contribution is 2.41. The summed E-state index contributed by atoms with van der Waals surface area (Å²) in [5, 5.41) is 3.03. The molecule has 0 saturated carbocycles. The molecule has 8 heteroatoms. The minimum absolute atomic E-state index is 0.117. The highest BCUT2D eigenvalue weighted by atomic mass is 35.5. The number of halogens is 3. The van der Waals surface area contributed by atoms with Crippen molar-refractivity contribution >= 4 is 46.4 Å². The van der Waals surface area contributed by atoms with Crippen LogP contribution in [0, 0.1) is 5.82 Å². The molecule has 0 N–H and O–H groups in total. The summed E-state index contributed by atoms with van der Waals surface area (Å²) in [5.41, 5.74) is 2.05. The highest BCUT2D eigenvalue weighted by Gasteiger charge is 2.35. The predicted octanol–water partition coefficient (Wildman–Crippen LogP) is 6.22. The third-order valence-corrected chi connectivity index (χ3v) is 7.36. The molecule has 0 spiro atoms. The normalized spacial score (nSPS) is 15.5. The Morgan fingerprint density at radius 3 is 2.64 bits per heavy atom. The van der Waals surface area contributed by atoms with Gasteiger partial charge in [-0.1, -0.05) is 35.3 Å². The van der Waals surface area contributed by atoms with Crippen molar-refractivity contribution in [2.75, 3.05) is 13.1 Å². The number of hydrogen-bond donors (Lipinski definition) is 0. The Morgan fingerprint density at radius 1 is 1.15 bits per heavy atom. The molecule has 172 valence electrons. The van der Waals surface area contributed by atoms with Gasteiger partial charge in [0.05, 0.1) is 6.04 Å². The van der Waals surface area contributed by atoms with E-state index in [1.54, 1.807) is 34.4 Å². The molecule has 1 aromatic heterocycles. The fourth-order valence-electron chi connectivity index (χ4n) is 4.16. The van der Waals surface area contributed by atoms with Crippen molar-refractivity contribution in [2.45, 2.75) is 32.4 Å². The zero-order valence-electron chi connectivity index (χ0n) is 18.2. The second-order valence-electron chi connectivity index (χ2n) is 8.24. The lowest BCUT2D eigenvalue weighted by atomic mass is 9.93. The van der Waals surface area contributed by atoms with Crippen LogP contribution in [0.1, 0.15) is 46.3 Å². The van der Waals surface area contributed by atoms with Gasteiger partial charge in [0, 0.05) is 33.1 Å². The maximum Gasteiger partial charge on any atom is 0.254 e. The van der Waals surface area contributed by atoms with Gasteiger partial charge in [-0.05, 0) is 73.2 Å². The Balaban J connectivity index is 1.66. The summed E-state index contributed by atoms with van der Waals surface area (Å²) < 4.78 is 13.7. The summed E-state index contributed by atoms with van der Waals surface area (Å²) in [6.45, 7) is 4.07. The highest BCUT2D eigenvalue weighted by molar-refractivity contribution is 7.10. The van der Waals surface area contributed by atoms with E-state index in [9.17, 15) is 14.0 Å². The van der Waals surface area contributed by atoms with Crippen LogP contribution in [0.2, 0.25) is 10.0 Å². The van der Waals surface area contributed by atoms with Gasteiger partial charge in [0.2, 0.25) is 5.91 Å². The molecule has 4 rings (SSSR count). The molecule has 33 heavy (non-hydrogen) atoms. The number of amides is 2. The average molecular weight is 505 g/mol. The zero-order valence-corrected chi connectivity index (χ0v) is 20.6. The number of rotatable bonds is 5. The molecule has 0 bridgehead atoms. The van der Waals surface area contributed by atoms with Crippen molar-refractivity contribution in [2.24, 2.45) is 0 Å². The molecule has 2 heterocycles. The minimum Gasteiger partial charge on any atom is -0.330 e. The topological polar surface area (TPSA) is 40.6 Å². The third kappa shape index (κ3) is 4.93. The van der Waals surface area contributed by atoms with Crippen molar-refractivity contribution in [3.8, 4) is 0 Å². The fraction of sp³-hybridized carbons (Fsp3) is 0.280. The second kappa shape index (κ2) is 9.84. The summed E-state index contributed by atoms with van der Waals surface area (Å²) in [7, 11) is 0. The second-order valence-corrected chi connectivity index (χ2v) is 10.1. The lowest BCUT2D eigenvalue weighted by Gasteiger charge is -2.38. The summed E-state index contributed by atoms with van der Waals surface area (Å²) in [4.78, 5) is 31.2. The van der Waals surface area contributed by atoms with Gasteiger partial charge in [-0.2, -0.15) is 0 Å². The molecule has 3 aromatic rings. The van der Waals surface area contributed by atoms with Crippen molar-refractivity contribution in [1.82, 2.24) is 9.80 Å². The van der Waals surface area contributed by atoms with Crippen LogP contribution < -0.4 is 0 Å². The van der Waals surface area contributed by atoms with E-state index < -0.39 is 5.82 Å². The molecular formula is C25H23Cl2FN2O2S. The smallest absolute Gasteiger partial charge is 0.254 e. The zero-order chi connectivity index (χ0) is 23.7. The van der Waals surface area contributed by atoms with Crippen molar-refractivity contribution in [3.05, 3.63) is 91.3 Å². The van der Waals surface area contributed by atoms with Gasteiger partial charge in [-0.3, -0.25) is 9.59 Å². The van der Waals surface area contributed by atoms with Crippen molar-refractivity contribution in [1.29, 1.82) is 0 Å². The average Bonchev–Trinajstić information content (AvgIpc) is 3.25. The molecule has 1 aliphatic rings. The van der Waals surface area contributed by atoms with Gasteiger partial charge < -0.3 is 9.80 Å². The Kier molecular flexibility index (Phi) is 7.07. The van der Waals surface area contributed by atoms with Gasteiger partial charge in [0.25, 0.3) is 5.91 Å². The molecule has 2 amide bonds. The van der Waals surface area contributed by atoms with E-state index in [2.05, 4.69) is 0 Å². The van der Waals surface area contributed by atoms with Gasteiger partial charge in [0.15, 0.2) is 0 Å². The molecule has 0 aliphatic carbocycles. The first-order chi connectivity index (χ1) is 15.8. The van der Waals surface area contributed by atoms with Crippen LogP contribution in [0.3, 0.4) is 0 Å². The van der Waals surface area contributed by atoms with E-state index in [-0.39, 0.29) is 36.0 Å². The molecule has 2 aromatic carbocycles. The monoisotopic (exact) mass is 504 g/mol. The summed E-state index contributed by atoms with van der Waals surface area (Å²) in [5.74, 6) is -1.07. The summed E-state index contributed by atoms with van der Waals surface area (Å²) in [6, 6.07) is 12.2. The molecule has 4 nitrogen and oxygen atoms in total. The van der Waals surface area contributed by atoms with Crippen molar-refractivity contribution < 1.29 is 14.0 Å². The molecule has 1 aliphatic heterocycles. The first-order valence-corrected chi connectivity index (χ1v) is 12.3. The number of thiophene rings is 1. The largest absolute Gasteiger partial charge is 0.330 e. The Morgan fingerprint density at radius 2 is 1.94 bits per heavy atom. The van der Waals surface area contributed by atoms with Crippen LogP contribution in [0.25, 0.3) is 0 Å². The number of fused-ring (bicyclic) bond motifs is 1. The standard InChI is InChI=1S/C25H23Cl2FN2O2S/c1-15(2)30(25(32)16-4-3-5-18(28)12-16)14-23(31)29-10-8-22-20(9-11-33-22)24(29)19-7-6-17(26)13-21(19)27/h3-7,9,11-13,15,24H,8,10,14H2,1-2H3. The van der Waals surface area contributed by atoms with Crippen molar-refractivity contribution in [3.63, 3.8) is 0 Å². The number of hydrogen-bond acceptors (Lipinski definition) is 3. The van der Waals surface area contributed by atoms with Crippen LogP contribution in [-0.2, 0) is 11.2 Å². The quantitative estimate of drug-likeness (QED) is 0.413. The molecule has 0 radical (unpaired) electrons. The van der Waals surface area contributed by atoms with Crippen LogP contribution >= 0.6 is 34.5 Å². The van der Waals surface area contributed by atoms with Crippen LogP contribution in [0.5, 0.6) is 0 Å². The van der Waals surface area contributed by atoms with Crippen LogP contribution in [-0.4, -0.2) is 40.7 Å². The fourth-order valence-corrected chi connectivity index (χ4v) is 5.57. The molecule has 0 saturated heterocycles. The lowest BCUT2D eigenvalue weighted by Crippen LogP contribution is -2.48. The Hall–Kier alpha value is -2.41. The van der Waals surface area contributed by atoms with Gasteiger partial charge in [0.1, 0.15) is 12.4 Å². The van der Waals surface area contributed by atoms with E-state index in [0.717, 1.165) is 17.5 Å². The molecule has 1 atom stereocenters. The van der Waals surface area contributed by atoms with E-state index in [1.165, 1.54) is 28.0 Å². The molecular weight excluding hydrogens is 482 g/mol. The predicted molar refractivity (Wildman–Crippen MR) is 131 cm³/mol. The van der Waals surface area contributed by atoms with Crippen LogP contribution in [0.4, 0.5) is 4.39 Å². The maximum absolute atomic E-state index is 13.7. The third-order valence-electron chi connectivity index (χ3n) is 5.80. The summed E-state index contributed by atoms with van der Waals surface area (Å²) in [6.07, 6.45) is 0.736. The Labute approximate surface area is 206 Å². The van der Waals surface area contributed by atoms with E-state index in [0.29, 0.717) is 16.6 Å². The maximum atomic E-state index is 13.7. The van der Waals surface area contributed by atoms with E-state index in [1.807, 2.05) is 31.4 Å². The first kappa shape index (κ1) is 23.7. The van der Waals surface area contributed by atoms with Gasteiger partial charge in [-0.15, -0.1) is 11.3 Å². The number of carbonyl (C=O) groups is 2. The number of nitrogens with zero attached hydrogens (tertiary/aromatic N) is 2. The number of carbonyl (C=O) groups excluding carboxylic acids is 2. The first-order valence-electron chi connectivity index (χ1n) is 10.6. The lowest BCUT2D eigenvalue weighted by molar-refractivity contribution is -0.134. The van der Waals surface area contributed by atoms with E-state index in [4.69, 9.17) is 23.2 Å². The minimum atomic E-state index is -0.491. The molecule has 0 fully saturated rings. The Bertz CT molecular complexity index is 1200. The summed E-state index contributed by atoms with van der Waals surface area (Å²) >= 11 is 14.3. The van der Waals surface area contributed by atoms with Gasteiger partial charge >= 0.3 is 0 Å². The van der Waals surface area contributed by atoms with Crippen LogP contribution in [0.15, 0.2) is 53.9 Å². The SMILES string of the molecule is CC(C)N(CC(=O)N1CCc2sccc2C1c1ccc(Cl)cc1Cl)C(=O)c1cccc(F)c1. The molecule has 1 unspecified atom stereocenters.